The van der Waals surface area contributed by atoms with Gasteiger partial charge < -0.3 is 14.8 Å². The fraction of sp³-hybridized carbons (Fsp3) is 0.158. The molecule has 0 atom stereocenters. The van der Waals surface area contributed by atoms with E-state index < -0.39 is 12.9 Å². The average Bonchev–Trinajstić information content (AvgIpc) is 2.88. The zero-order chi connectivity index (χ0) is 19.6. The third-order valence-electron chi connectivity index (χ3n) is 4.22. The Labute approximate surface area is 156 Å². The molecule has 138 valence electrons. The molecule has 0 unspecified atom stereocenters. The van der Waals surface area contributed by atoms with Crippen LogP contribution < -0.4 is 10.2 Å². The molecule has 2 aromatic carbocycles. The minimum Gasteiger partial charge on any atom is -0.486 e. The van der Waals surface area contributed by atoms with Crippen LogP contribution in [0.1, 0.15) is 18.1 Å². The van der Waals surface area contributed by atoms with Gasteiger partial charge in [0.1, 0.15) is 18.1 Å². The molecule has 0 saturated carbocycles. The lowest BCUT2D eigenvalue weighted by Crippen LogP contribution is -2.29. The van der Waals surface area contributed by atoms with Gasteiger partial charge >= 0.3 is 7.12 Å². The van der Waals surface area contributed by atoms with Crippen LogP contribution in [0.15, 0.2) is 53.2 Å². The molecule has 1 aliphatic heterocycles. The summed E-state index contributed by atoms with van der Waals surface area (Å²) in [5, 5.41) is 18.1. The number of nitrogens with zero attached hydrogens (tertiary/aromatic N) is 2. The van der Waals surface area contributed by atoms with Gasteiger partial charge in [-0.3, -0.25) is 9.69 Å². The van der Waals surface area contributed by atoms with Gasteiger partial charge in [-0.1, -0.05) is 30.3 Å². The minimum absolute atomic E-state index is 0.0815. The van der Waals surface area contributed by atoms with Gasteiger partial charge in [0.15, 0.2) is 11.6 Å². The molecule has 1 aliphatic rings. The van der Waals surface area contributed by atoms with Crippen molar-refractivity contribution in [3.63, 3.8) is 0 Å². The first-order valence-electron chi connectivity index (χ1n) is 8.27. The van der Waals surface area contributed by atoms with Gasteiger partial charge in [-0.15, -0.1) is 0 Å². The normalized spacial score (nSPS) is 15.3. The maximum Gasteiger partial charge on any atom is 0.488 e. The Hall–Kier alpha value is -2.97. The number of carbonyl (C=O) groups excluding carboxylic acids is 1. The number of likely N-dealkylation sites (N-methyl/N-ethyl adjacent to an activating group) is 1. The Bertz CT molecular complexity index is 926. The van der Waals surface area contributed by atoms with Crippen molar-refractivity contribution in [1.29, 1.82) is 0 Å². The highest BCUT2D eigenvalue weighted by molar-refractivity contribution is 6.58. The van der Waals surface area contributed by atoms with Crippen LogP contribution in [-0.4, -0.2) is 40.9 Å². The quantitative estimate of drug-likeness (QED) is 0.616. The Morgan fingerprint density at radius 1 is 1.22 bits per heavy atom. The number of ether oxygens (including phenoxy) is 1. The molecule has 0 aliphatic carbocycles. The highest BCUT2D eigenvalue weighted by Gasteiger charge is 2.23. The summed E-state index contributed by atoms with van der Waals surface area (Å²) < 4.78 is 19.8. The number of hydrogen-bond acceptors (Lipinski definition) is 5. The summed E-state index contributed by atoms with van der Waals surface area (Å²) in [4.78, 5) is 17.6. The molecule has 2 aromatic rings. The number of rotatable bonds is 5. The molecule has 1 heterocycles. The smallest absolute Gasteiger partial charge is 0.486 e. The fourth-order valence-corrected chi connectivity index (χ4v) is 2.54. The predicted octanol–water partition coefficient (Wildman–Crippen LogP) is 1.32. The summed E-state index contributed by atoms with van der Waals surface area (Å²) in [6.07, 6.45) is 1.53. The first kappa shape index (κ1) is 18.8. The number of carbonyl (C=O) groups is 1. The lowest BCUT2D eigenvalue weighted by molar-refractivity contribution is -0.121. The van der Waals surface area contributed by atoms with Crippen molar-refractivity contribution >= 4 is 30.4 Å². The maximum absolute atomic E-state index is 14.3. The van der Waals surface area contributed by atoms with E-state index in [9.17, 15) is 9.18 Å². The van der Waals surface area contributed by atoms with E-state index in [0.717, 1.165) is 5.56 Å². The van der Waals surface area contributed by atoms with Crippen molar-refractivity contribution < 1.29 is 24.0 Å². The molecule has 1 amide bonds. The molecule has 0 saturated heterocycles. The molecule has 0 spiro atoms. The molecule has 2 N–H and O–H groups in total. The first-order valence-corrected chi connectivity index (χ1v) is 8.27. The van der Waals surface area contributed by atoms with Crippen LogP contribution >= 0.6 is 0 Å². The second kappa shape index (κ2) is 7.73. The van der Waals surface area contributed by atoms with Gasteiger partial charge in [0.25, 0.3) is 5.91 Å². The largest absolute Gasteiger partial charge is 0.488 e. The summed E-state index contributed by atoms with van der Waals surface area (Å²) in [5.74, 6) is -0.111. The average molecular weight is 368 g/mol. The topological polar surface area (TPSA) is 82.4 Å². The summed E-state index contributed by atoms with van der Waals surface area (Å²) in [6, 6.07) is 10.9. The van der Waals surface area contributed by atoms with E-state index in [-0.39, 0.29) is 24.0 Å². The Morgan fingerprint density at radius 3 is 2.48 bits per heavy atom. The number of hydrogen-bond donors (Lipinski definition) is 2. The van der Waals surface area contributed by atoms with Gasteiger partial charge in [-0.2, -0.15) is 0 Å². The van der Waals surface area contributed by atoms with Gasteiger partial charge in [-0.05, 0) is 41.7 Å². The van der Waals surface area contributed by atoms with E-state index in [1.165, 1.54) is 23.1 Å². The minimum atomic E-state index is -1.53. The van der Waals surface area contributed by atoms with E-state index in [1.54, 1.807) is 44.3 Å². The Morgan fingerprint density at radius 2 is 1.93 bits per heavy atom. The molecule has 0 bridgehead atoms. The highest BCUT2D eigenvalue weighted by Crippen LogP contribution is 2.23. The first-order chi connectivity index (χ1) is 12.8. The lowest BCUT2D eigenvalue weighted by atomic mass is 9.80. The number of aliphatic imine (C=N–C) groups is 1. The van der Waals surface area contributed by atoms with E-state index in [1.807, 2.05) is 0 Å². The molecule has 0 fully saturated rings. The summed E-state index contributed by atoms with van der Waals surface area (Å²) in [5.41, 5.74) is 1.90. The highest BCUT2D eigenvalue weighted by atomic mass is 19.1. The van der Waals surface area contributed by atoms with Crippen LogP contribution in [0.5, 0.6) is 5.75 Å². The van der Waals surface area contributed by atoms with Crippen LogP contribution in [0.25, 0.3) is 6.08 Å². The molecule has 8 heteroatoms. The molecular formula is C19H18BFN2O4. The fourth-order valence-electron chi connectivity index (χ4n) is 2.54. The number of benzene rings is 2. The second-order valence-corrected chi connectivity index (χ2v) is 6.15. The molecule has 0 aromatic heterocycles. The van der Waals surface area contributed by atoms with E-state index in [0.29, 0.717) is 16.9 Å². The van der Waals surface area contributed by atoms with Gasteiger partial charge in [0, 0.05) is 7.05 Å². The SMILES string of the molecule is CC1=N/C(=C\c2ccc(OCc3ccc(B(O)O)cc3)c(F)c2)C(=O)N1C. The molecule has 6 nitrogen and oxygen atoms in total. The molecule has 3 rings (SSSR count). The number of halogens is 1. The molecular weight excluding hydrogens is 350 g/mol. The van der Waals surface area contributed by atoms with E-state index in [4.69, 9.17) is 14.8 Å². The van der Waals surface area contributed by atoms with E-state index in [2.05, 4.69) is 4.99 Å². The zero-order valence-corrected chi connectivity index (χ0v) is 14.9. The third-order valence-corrected chi connectivity index (χ3v) is 4.22. The molecule has 27 heavy (non-hydrogen) atoms. The van der Waals surface area contributed by atoms with Crippen molar-refractivity contribution in [3.8, 4) is 5.75 Å². The van der Waals surface area contributed by atoms with Crippen molar-refractivity contribution in [1.82, 2.24) is 4.90 Å². The second-order valence-electron chi connectivity index (χ2n) is 6.15. The standard InChI is InChI=1S/C19H18BFN2O4/c1-12-22-17(19(24)23(12)2)10-14-5-8-18(16(21)9-14)27-11-13-3-6-15(7-4-13)20(25)26/h3-10,25-26H,11H2,1-2H3/b17-10-. The van der Waals surface area contributed by atoms with Crippen LogP contribution in [-0.2, 0) is 11.4 Å². The monoisotopic (exact) mass is 368 g/mol. The summed E-state index contributed by atoms with van der Waals surface area (Å²) in [7, 11) is 0.103. The number of amides is 1. The van der Waals surface area contributed by atoms with Crippen molar-refractivity contribution in [2.24, 2.45) is 4.99 Å². The maximum atomic E-state index is 14.3. The Kier molecular flexibility index (Phi) is 5.39. The van der Waals surface area contributed by atoms with Crippen molar-refractivity contribution in [2.45, 2.75) is 13.5 Å². The van der Waals surface area contributed by atoms with Gasteiger partial charge in [-0.25, -0.2) is 9.38 Å². The third kappa shape index (κ3) is 4.24. The zero-order valence-electron chi connectivity index (χ0n) is 14.9. The lowest BCUT2D eigenvalue weighted by Gasteiger charge is -2.09. The predicted molar refractivity (Wildman–Crippen MR) is 101 cm³/mol. The van der Waals surface area contributed by atoms with Gasteiger partial charge in [0.2, 0.25) is 0 Å². The van der Waals surface area contributed by atoms with Crippen LogP contribution in [0.4, 0.5) is 4.39 Å². The number of amidine groups is 1. The van der Waals surface area contributed by atoms with Crippen molar-refractivity contribution in [2.75, 3.05) is 7.05 Å². The summed E-state index contributed by atoms with van der Waals surface area (Å²) in [6.45, 7) is 1.86. The van der Waals surface area contributed by atoms with E-state index >= 15 is 0 Å². The van der Waals surface area contributed by atoms with Gasteiger partial charge in [0.05, 0.1) is 0 Å². The summed E-state index contributed by atoms with van der Waals surface area (Å²) >= 11 is 0. The van der Waals surface area contributed by atoms with Crippen LogP contribution in [0.3, 0.4) is 0 Å². The van der Waals surface area contributed by atoms with Crippen LogP contribution in [0, 0.1) is 5.82 Å². The van der Waals surface area contributed by atoms with Crippen LogP contribution in [0.2, 0.25) is 0 Å². The van der Waals surface area contributed by atoms with Crippen molar-refractivity contribution in [3.05, 3.63) is 65.1 Å². The Balaban J connectivity index is 1.69. The molecule has 0 radical (unpaired) electrons.